The van der Waals surface area contributed by atoms with Crippen LogP contribution in [-0.2, 0) is 14.8 Å². The third-order valence-corrected chi connectivity index (χ3v) is 6.29. The summed E-state index contributed by atoms with van der Waals surface area (Å²) in [7, 11) is -2.29. The van der Waals surface area contributed by atoms with Crippen LogP contribution < -0.4 is 11.1 Å². The highest BCUT2D eigenvalue weighted by Gasteiger charge is 2.42. The van der Waals surface area contributed by atoms with Gasteiger partial charge in [0.1, 0.15) is 6.04 Å². The molecule has 2 atom stereocenters. The second-order valence-corrected chi connectivity index (χ2v) is 7.98. The van der Waals surface area contributed by atoms with Crippen LogP contribution in [0.25, 0.3) is 11.1 Å². The minimum absolute atomic E-state index is 0.140. The summed E-state index contributed by atoms with van der Waals surface area (Å²) in [4.78, 5) is 12.2. The third-order valence-electron chi connectivity index (χ3n) is 4.41. The molecule has 0 aliphatic carbocycles. The molecule has 132 valence electrons. The zero-order valence-electron chi connectivity index (χ0n) is 13.9. The van der Waals surface area contributed by atoms with Crippen LogP contribution in [0.1, 0.15) is 6.42 Å². The average Bonchev–Trinajstić information content (AvgIpc) is 3.04. The number of amides is 1. The molecule has 7 heteroatoms. The van der Waals surface area contributed by atoms with Gasteiger partial charge in [0.05, 0.1) is 4.90 Å². The van der Waals surface area contributed by atoms with E-state index in [1.54, 1.807) is 24.3 Å². The molecule has 1 aliphatic rings. The van der Waals surface area contributed by atoms with E-state index in [9.17, 15) is 13.2 Å². The van der Waals surface area contributed by atoms with Crippen molar-refractivity contribution in [3.8, 4) is 11.1 Å². The van der Waals surface area contributed by atoms with Gasteiger partial charge in [-0.05, 0) is 29.7 Å². The maximum atomic E-state index is 12.9. The average molecular weight is 359 g/mol. The lowest BCUT2D eigenvalue weighted by Gasteiger charge is -2.22. The van der Waals surface area contributed by atoms with Crippen molar-refractivity contribution in [1.82, 2.24) is 9.62 Å². The molecule has 0 spiro atoms. The number of carbonyl (C=O) groups is 1. The highest BCUT2D eigenvalue weighted by Crippen LogP contribution is 2.27. The van der Waals surface area contributed by atoms with Gasteiger partial charge in [-0.2, -0.15) is 4.31 Å². The standard InChI is InChI=1S/C18H21N3O3S/c1-20-18(22)17-11-15(19)12-21(17)25(23,24)16-9-7-14(8-10-16)13-5-3-2-4-6-13/h2-10,15,17H,11-12,19H2,1H3,(H,20,22)/t15-,17+/m1/s1. The molecule has 1 heterocycles. The van der Waals surface area contributed by atoms with Gasteiger partial charge in [-0.15, -0.1) is 0 Å². The fourth-order valence-electron chi connectivity index (χ4n) is 3.09. The molecule has 3 N–H and O–H groups in total. The molecular formula is C18H21N3O3S. The van der Waals surface area contributed by atoms with Crippen LogP contribution in [0.3, 0.4) is 0 Å². The molecule has 2 aromatic carbocycles. The van der Waals surface area contributed by atoms with Crippen molar-refractivity contribution in [2.45, 2.75) is 23.4 Å². The van der Waals surface area contributed by atoms with E-state index in [2.05, 4.69) is 5.32 Å². The van der Waals surface area contributed by atoms with Gasteiger partial charge in [0, 0.05) is 19.6 Å². The Labute approximate surface area is 147 Å². The molecule has 1 aliphatic heterocycles. The zero-order valence-corrected chi connectivity index (χ0v) is 14.7. The van der Waals surface area contributed by atoms with Crippen molar-refractivity contribution < 1.29 is 13.2 Å². The van der Waals surface area contributed by atoms with Gasteiger partial charge in [-0.1, -0.05) is 42.5 Å². The van der Waals surface area contributed by atoms with Gasteiger partial charge in [-0.25, -0.2) is 8.42 Å². The minimum Gasteiger partial charge on any atom is -0.358 e. The molecular weight excluding hydrogens is 338 g/mol. The predicted octanol–water partition coefficient (Wildman–Crippen LogP) is 1.19. The summed E-state index contributed by atoms with van der Waals surface area (Å²) in [5.41, 5.74) is 7.84. The summed E-state index contributed by atoms with van der Waals surface area (Å²) in [5.74, 6) is -0.336. The summed E-state index contributed by atoms with van der Waals surface area (Å²) < 4.78 is 27.1. The Kier molecular flexibility index (Phi) is 4.89. The first-order valence-electron chi connectivity index (χ1n) is 8.08. The minimum atomic E-state index is -3.78. The molecule has 0 radical (unpaired) electrons. The molecule has 0 saturated carbocycles. The lowest BCUT2D eigenvalue weighted by Crippen LogP contribution is -2.44. The monoisotopic (exact) mass is 359 g/mol. The van der Waals surface area contributed by atoms with Crippen LogP contribution in [0.15, 0.2) is 59.5 Å². The van der Waals surface area contributed by atoms with Gasteiger partial charge in [0.2, 0.25) is 15.9 Å². The van der Waals surface area contributed by atoms with E-state index in [1.165, 1.54) is 11.4 Å². The predicted molar refractivity (Wildman–Crippen MR) is 96.2 cm³/mol. The summed E-state index contributed by atoms with van der Waals surface area (Å²) >= 11 is 0. The van der Waals surface area contributed by atoms with Crippen molar-refractivity contribution in [2.75, 3.05) is 13.6 Å². The van der Waals surface area contributed by atoms with Crippen LogP contribution >= 0.6 is 0 Å². The van der Waals surface area contributed by atoms with Crippen LogP contribution in [0.5, 0.6) is 0 Å². The van der Waals surface area contributed by atoms with E-state index in [4.69, 9.17) is 5.73 Å². The number of carbonyl (C=O) groups excluding carboxylic acids is 1. The van der Waals surface area contributed by atoms with Crippen LogP contribution in [0.2, 0.25) is 0 Å². The van der Waals surface area contributed by atoms with Gasteiger partial charge in [0.15, 0.2) is 0 Å². The van der Waals surface area contributed by atoms with Gasteiger partial charge in [-0.3, -0.25) is 4.79 Å². The van der Waals surface area contributed by atoms with Crippen LogP contribution in [-0.4, -0.2) is 44.3 Å². The molecule has 0 unspecified atom stereocenters. The molecule has 25 heavy (non-hydrogen) atoms. The number of hydrogen-bond donors (Lipinski definition) is 2. The molecule has 1 saturated heterocycles. The molecule has 0 bridgehead atoms. The highest BCUT2D eigenvalue weighted by atomic mass is 32.2. The number of sulfonamides is 1. The highest BCUT2D eigenvalue weighted by molar-refractivity contribution is 7.89. The summed E-state index contributed by atoms with van der Waals surface area (Å²) in [6.45, 7) is 0.140. The lowest BCUT2D eigenvalue weighted by molar-refractivity contribution is -0.123. The Morgan fingerprint density at radius 3 is 2.28 bits per heavy atom. The molecule has 3 rings (SSSR count). The quantitative estimate of drug-likeness (QED) is 0.858. The zero-order chi connectivity index (χ0) is 18.0. The second kappa shape index (κ2) is 6.95. The first-order chi connectivity index (χ1) is 11.9. The smallest absolute Gasteiger partial charge is 0.243 e. The number of likely N-dealkylation sites (N-methyl/N-ethyl adjacent to an activating group) is 1. The lowest BCUT2D eigenvalue weighted by atomic mass is 10.1. The SMILES string of the molecule is CNC(=O)[C@@H]1C[C@@H](N)CN1S(=O)(=O)c1ccc(-c2ccccc2)cc1. The van der Waals surface area contributed by atoms with Gasteiger partial charge in [0.25, 0.3) is 0 Å². The Balaban J connectivity index is 1.91. The van der Waals surface area contributed by atoms with Crippen molar-refractivity contribution in [3.63, 3.8) is 0 Å². The van der Waals surface area contributed by atoms with Gasteiger partial charge < -0.3 is 11.1 Å². The Morgan fingerprint density at radius 1 is 1.08 bits per heavy atom. The fourth-order valence-corrected chi connectivity index (χ4v) is 4.75. The number of benzene rings is 2. The Hall–Kier alpha value is -2.22. The molecule has 6 nitrogen and oxygen atoms in total. The van der Waals surface area contributed by atoms with Crippen molar-refractivity contribution >= 4 is 15.9 Å². The molecule has 1 fully saturated rings. The van der Waals surface area contributed by atoms with Gasteiger partial charge >= 0.3 is 0 Å². The number of nitrogens with zero attached hydrogens (tertiary/aromatic N) is 1. The molecule has 1 amide bonds. The topological polar surface area (TPSA) is 92.5 Å². The third kappa shape index (κ3) is 3.44. The van der Waals surface area contributed by atoms with Crippen LogP contribution in [0, 0.1) is 0 Å². The number of nitrogens with one attached hydrogen (secondary N) is 1. The number of rotatable bonds is 4. The molecule has 0 aromatic heterocycles. The summed E-state index contributed by atoms with van der Waals surface area (Å²) in [6, 6.07) is 15.3. The van der Waals surface area contributed by atoms with Crippen molar-refractivity contribution in [2.24, 2.45) is 5.73 Å². The van der Waals surface area contributed by atoms with Crippen molar-refractivity contribution in [3.05, 3.63) is 54.6 Å². The summed E-state index contributed by atoms with van der Waals surface area (Å²) in [5, 5.41) is 2.51. The van der Waals surface area contributed by atoms with E-state index < -0.39 is 16.1 Å². The first-order valence-corrected chi connectivity index (χ1v) is 9.52. The maximum Gasteiger partial charge on any atom is 0.243 e. The first kappa shape index (κ1) is 17.6. The second-order valence-electron chi connectivity index (χ2n) is 6.09. The number of nitrogens with two attached hydrogens (primary N) is 1. The maximum absolute atomic E-state index is 12.9. The fraction of sp³-hybridized carbons (Fsp3) is 0.278. The van der Waals surface area contributed by atoms with E-state index in [-0.39, 0.29) is 23.4 Å². The summed E-state index contributed by atoms with van der Waals surface area (Å²) in [6.07, 6.45) is 0.320. The van der Waals surface area contributed by atoms with E-state index in [0.717, 1.165) is 11.1 Å². The van der Waals surface area contributed by atoms with E-state index >= 15 is 0 Å². The van der Waals surface area contributed by atoms with Crippen molar-refractivity contribution in [1.29, 1.82) is 0 Å². The van der Waals surface area contributed by atoms with E-state index in [1.807, 2.05) is 30.3 Å². The van der Waals surface area contributed by atoms with Crippen LogP contribution in [0.4, 0.5) is 0 Å². The molecule has 2 aromatic rings. The Bertz CT molecular complexity index is 851. The normalized spacial score (nSPS) is 21.2. The van der Waals surface area contributed by atoms with E-state index in [0.29, 0.717) is 6.42 Å². The Morgan fingerprint density at radius 2 is 1.68 bits per heavy atom. The largest absolute Gasteiger partial charge is 0.358 e. The number of hydrogen-bond acceptors (Lipinski definition) is 4.